The molecule has 1 aromatic heterocycles. The highest BCUT2D eigenvalue weighted by atomic mass is 35.5. The molecule has 2 aromatic rings. The Morgan fingerprint density at radius 1 is 1.21 bits per heavy atom. The van der Waals surface area contributed by atoms with Crippen LogP contribution in [0, 0.1) is 0 Å². The van der Waals surface area contributed by atoms with Gasteiger partial charge in [-0.25, -0.2) is 4.98 Å². The van der Waals surface area contributed by atoms with Gasteiger partial charge in [-0.15, -0.1) is 0 Å². The Bertz CT molecular complexity index is 566. The standard InChI is InChI=1S/C11H6Cl3NOS3/c12-7-3-1-6(2-4-7)5-17-11(16)19-10-15-8(13)9(14)18-10/h1-4H,5H2. The van der Waals surface area contributed by atoms with E-state index in [4.69, 9.17) is 34.8 Å². The maximum Gasteiger partial charge on any atom is 0.253 e. The van der Waals surface area contributed by atoms with Crippen LogP contribution in [0.3, 0.4) is 0 Å². The number of nitrogens with zero attached hydrogens (tertiary/aromatic N) is 1. The minimum absolute atomic E-state index is 0.0444. The van der Waals surface area contributed by atoms with Gasteiger partial charge in [0, 0.05) is 10.8 Å². The predicted octanol–water partition coefficient (Wildman–Crippen LogP) is 6.25. The van der Waals surface area contributed by atoms with Gasteiger partial charge in [-0.1, -0.05) is 70.0 Å². The zero-order valence-electron chi connectivity index (χ0n) is 9.23. The second-order valence-electron chi connectivity index (χ2n) is 3.31. The van der Waals surface area contributed by atoms with E-state index in [2.05, 4.69) is 4.98 Å². The molecule has 8 heteroatoms. The summed E-state index contributed by atoms with van der Waals surface area (Å²) in [7, 11) is 0. The molecule has 2 nitrogen and oxygen atoms in total. The summed E-state index contributed by atoms with van der Waals surface area (Å²) < 4.78 is 0.917. The van der Waals surface area contributed by atoms with Gasteiger partial charge in [0.1, 0.15) is 4.34 Å². The second-order valence-corrected chi connectivity index (χ2v) is 8.13. The Morgan fingerprint density at radius 2 is 1.89 bits per heavy atom. The van der Waals surface area contributed by atoms with Crippen LogP contribution < -0.4 is 0 Å². The van der Waals surface area contributed by atoms with Crippen molar-refractivity contribution < 1.29 is 4.79 Å². The molecule has 100 valence electrons. The number of thiazole rings is 1. The van der Waals surface area contributed by atoms with E-state index in [1.165, 1.54) is 23.1 Å². The van der Waals surface area contributed by atoms with Crippen LogP contribution in [0.1, 0.15) is 5.56 Å². The normalized spacial score (nSPS) is 10.7. The summed E-state index contributed by atoms with van der Waals surface area (Å²) in [5, 5.41) is 0.922. The predicted molar refractivity (Wildman–Crippen MR) is 86.1 cm³/mol. The monoisotopic (exact) mass is 369 g/mol. The Balaban J connectivity index is 1.86. The molecule has 0 spiro atoms. The zero-order valence-corrected chi connectivity index (χ0v) is 13.9. The molecule has 0 saturated heterocycles. The summed E-state index contributed by atoms with van der Waals surface area (Å²) in [6.07, 6.45) is 0. The molecule has 0 atom stereocenters. The van der Waals surface area contributed by atoms with Crippen molar-refractivity contribution in [2.45, 2.75) is 10.1 Å². The van der Waals surface area contributed by atoms with E-state index in [0.717, 1.165) is 17.3 Å². The molecule has 2 rings (SSSR count). The third kappa shape index (κ3) is 4.85. The number of hydrogen-bond acceptors (Lipinski definition) is 5. The van der Waals surface area contributed by atoms with Crippen LogP contribution in [0.15, 0.2) is 28.6 Å². The van der Waals surface area contributed by atoms with Gasteiger partial charge in [-0.05, 0) is 29.5 Å². The molecule has 0 unspecified atom stereocenters. The molecular formula is C11H6Cl3NOS3. The summed E-state index contributed by atoms with van der Waals surface area (Å²) in [4.78, 5) is 15.7. The van der Waals surface area contributed by atoms with E-state index in [0.29, 0.717) is 19.5 Å². The number of carbonyl (C=O) groups excluding carboxylic acids is 1. The topological polar surface area (TPSA) is 30.0 Å². The largest absolute Gasteiger partial charge is 0.274 e. The summed E-state index contributed by atoms with van der Waals surface area (Å²) in [6.45, 7) is 0. The molecular weight excluding hydrogens is 365 g/mol. The summed E-state index contributed by atoms with van der Waals surface area (Å²) in [5.41, 5.74) is 1.04. The molecule has 0 aliphatic rings. The molecule has 0 radical (unpaired) electrons. The van der Waals surface area contributed by atoms with E-state index in [1.54, 1.807) is 12.1 Å². The molecule has 0 saturated carbocycles. The lowest BCUT2D eigenvalue weighted by atomic mass is 10.2. The lowest BCUT2D eigenvalue weighted by Crippen LogP contribution is -1.85. The summed E-state index contributed by atoms with van der Waals surface area (Å²) in [5.74, 6) is 0.593. The van der Waals surface area contributed by atoms with Gasteiger partial charge in [0.2, 0.25) is 0 Å². The van der Waals surface area contributed by atoms with E-state index < -0.39 is 0 Å². The smallest absolute Gasteiger partial charge is 0.253 e. The Labute approximate surface area is 137 Å². The molecule has 1 heterocycles. The molecule has 0 aliphatic heterocycles. The number of hydrogen-bond donors (Lipinski definition) is 0. The first-order chi connectivity index (χ1) is 9.04. The second kappa shape index (κ2) is 7.20. The van der Waals surface area contributed by atoms with E-state index >= 15 is 0 Å². The number of carbonyl (C=O) groups is 1. The van der Waals surface area contributed by atoms with Crippen LogP contribution in [-0.4, -0.2) is 9.43 Å². The van der Waals surface area contributed by atoms with Crippen LogP contribution in [0.25, 0.3) is 0 Å². The van der Waals surface area contributed by atoms with Crippen molar-refractivity contribution in [2.75, 3.05) is 0 Å². The number of thioether (sulfide) groups is 2. The van der Waals surface area contributed by atoms with Crippen LogP contribution in [0.2, 0.25) is 14.5 Å². The fraction of sp³-hybridized carbons (Fsp3) is 0.0909. The SMILES string of the molecule is O=C(SCc1ccc(Cl)cc1)Sc1nc(Cl)c(Cl)s1. The first-order valence-corrected chi connectivity index (χ1v) is 8.70. The van der Waals surface area contributed by atoms with Crippen LogP contribution in [0.5, 0.6) is 0 Å². The van der Waals surface area contributed by atoms with Crippen LogP contribution >= 0.6 is 69.7 Å². The van der Waals surface area contributed by atoms with Gasteiger partial charge >= 0.3 is 0 Å². The third-order valence-corrected chi connectivity index (χ3v) is 6.00. The Hall–Kier alpha value is 0.0900. The first-order valence-electron chi connectivity index (χ1n) is 4.95. The average Bonchev–Trinajstić information content (AvgIpc) is 2.67. The summed E-state index contributed by atoms with van der Waals surface area (Å²) in [6, 6.07) is 7.39. The molecule has 0 bridgehead atoms. The van der Waals surface area contributed by atoms with Crippen LogP contribution in [0.4, 0.5) is 4.79 Å². The molecule has 0 aliphatic carbocycles. The van der Waals surface area contributed by atoms with Crippen molar-refractivity contribution in [3.8, 4) is 0 Å². The van der Waals surface area contributed by atoms with Crippen molar-refractivity contribution in [1.82, 2.24) is 4.98 Å². The van der Waals surface area contributed by atoms with Gasteiger partial charge in [-0.3, -0.25) is 4.79 Å². The van der Waals surface area contributed by atoms with Crippen molar-refractivity contribution in [1.29, 1.82) is 0 Å². The first kappa shape index (κ1) is 15.5. The number of rotatable bonds is 3. The Kier molecular flexibility index (Phi) is 5.87. The van der Waals surface area contributed by atoms with Crippen molar-refractivity contribution in [3.63, 3.8) is 0 Å². The molecule has 19 heavy (non-hydrogen) atoms. The lowest BCUT2D eigenvalue weighted by Gasteiger charge is -1.99. The zero-order chi connectivity index (χ0) is 13.8. The van der Waals surface area contributed by atoms with Gasteiger partial charge < -0.3 is 0 Å². The molecule has 0 N–H and O–H groups in total. The van der Waals surface area contributed by atoms with Gasteiger partial charge in [0.05, 0.1) is 0 Å². The van der Waals surface area contributed by atoms with Gasteiger partial charge in [0.25, 0.3) is 4.45 Å². The summed E-state index contributed by atoms with van der Waals surface area (Å²) >= 11 is 20.7. The lowest BCUT2D eigenvalue weighted by molar-refractivity contribution is 0.276. The van der Waals surface area contributed by atoms with Crippen molar-refractivity contribution in [3.05, 3.63) is 44.3 Å². The number of aromatic nitrogens is 1. The molecule has 0 amide bonds. The fourth-order valence-corrected chi connectivity index (χ4v) is 4.59. The Morgan fingerprint density at radius 3 is 2.47 bits per heavy atom. The number of halogens is 3. The minimum atomic E-state index is -0.0444. The van der Waals surface area contributed by atoms with Crippen molar-refractivity contribution >= 4 is 74.1 Å². The number of benzene rings is 1. The molecule has 1 aromatic carbocycles. The third-order valence-electron chi connectivity index (χ3n) is 1.97. The van der Waals surface area contributed by atoms with E-state index in [-0.39, 0.29) is 9.60 Å². The highest BCUT2D eigenvalue weighted by Crippen LogP contribution is 2.36. The maximum absolute atomic E-state index is 11.8. The van der Waals surface area contributed by atoms with Gasteiger partial charge in [-0.2, -0.15) is 0 Å². The van der Waals surface area contributed by atoms with Crippen molar-refractivity contribution in [2.24, 2.45) is 0 Å². The average molecular weight is 371 g/mol. The minimum Gasteiger partial charge on any atom is -0.274 e. The van der Waals surface area contributed by atoms with E-state index in [9.17, 15) is 4.79 Å². The van der Waals surface area contributed by atoms with E-state index in [1.807, 2.05) is 12.1 Å². The van der Waals surface area contributed by atoms with Crippen LogP contribution in [-0.2, 0) is 5.75 Å². The highest BCUT2D eigenvalue weighted by Gasteiger charge is 2.12. The maximum atomic E-state index is 11.8. The fourth-order valence-electron chi connectivity index (χ4n) is 1.13. The quantitative estimate of drug-likeness (QED) is 0.597. The highest BCUT2D eigenvalue weighted by molar-refractivity contribution is 8.38. The molecule has 0 fully saturated rings. The van der Waals surface area contributed by atoms with Gasteiger partial charge in [0.15, 0.2) is 9.49 Å².